The Bertz CT molecular complexity index is 882. The van der Waals surface area contributed by atoms with E-state index in [0.29, 0.717) is 28.3 Å². The van der Waals surface area contributed by atoms with Gasteiger partial charge < -0.3 is 15.6 Å². The van der Waals surface area contributed by atoms with Gasteiger partial charge in [-0.2, -0.15) is 0 Å². The summed E-state index contributed by atoms with van der Waals surface area (Å²) < 4.78 is 5.38. The lowest BCUT2D eigenvalue weighted by Crippen LogP contribution is -2.01. The summed E-state index contributed by atoms with van der Waals surface area (Å²) in [4.78, 5) is 12.8. The van der Waals surface area contributed by atoms with E-state index in [-0.39, 0.29) is 11.7 Å². The molecule has 0 aliphatic carbocycles. The number of methoxy groups -OCH3 is 1. The third-order valence-corrected chi connectivity index (χ3v) is 3.92. The Labute approximate surface area is 146 Å². The molecular weight excluding hydrogens is 316 g/mol. The molecule has 6 nitrogen and oxygen atoms in total. The van der Waals surface area contributed by atoms with Gasteiger partial charge in [-0.25, -0.2) is 9.97 Å². The first-order valence-corrected chi connectivity index (χ1v) is 8.08. The van der Waals surface area contributed by atoms with Crippen LogP contribution in [-0.4, -0.2) is 27.2 Å². The summed E-state index contributed by atoms with van der Waals surface area (Å²) in [5.74, 6) is 0.874. The zero-order chi connectivity index (χ0) is 17.8. The van der Waals surface area contributed by atoms with Gasteiger partial charge in [0.05, 0.1) is 18.5 Å². The molecule has 6 heteroatoms. The SMILES string of the molecule is CCCc1cc(-c2nc(N)ncc2-c2ccccn2)c(O)cc1OC. The number of nitrogen functional groups attached to an aromatic ring is 1. The highest BCUT2D eigenvalue weighted by molar-refractivity contribution is 5.82. The number of aryl methyl sites for hydroxylation is 1. The molecular formula is C19H20N4O2. The van der Waals surface area contributed by atoms with Crippen molar-refractivity contribution >= 4 is 5.95 Å². The second kappa shape index (κ2) is 7.17. The molecule has 0 aliphatic rings. The van der Waals surface area contributed by atoms with Crippen molar-refractivity contribution < 1.29 is 9.84 Å². The van der Waals surface area contributed by atoms with E-state index >= 15 is 0 Å². The second-order valence-corrected chi connectivity index (χ2v) is 5.64. The molecule has 0 aliphatic heterocycles. The molecule has 0 radical (unpaired) electrons. The highest BCUT2D eigenvalue weighted by atomic mass is 16.5. The number of phenolic OH excluding ortho intramolecular Hbond substituents is 1. The summed E-state index contributed by atoms with van der Waals surface area (Å²) >= 11 is 0. The van der Waals surface area contributed by atoms with E-state index in [2.05, 4.69) is 21.9 Å². The number of anilines is 1. The largest absolute Gasteiger partial charge is 0.507 e. The first kappa shape index (κ1) is 16.7. The number of rotatable bonds is 5. The molecule has 0 atom stereocenters. The standard InChI is InChI=1S/C19H20N4O2/c1-3-6-12-9-13(16(24)10-17(12)25-2)18-14(11-22-19(20)23-18)15-7-4-5-8-21-15/h4-5,7-11,24H,3,6H2,1-2H3,(H2,20,22,23). The minimum absolute atomic E-state index is 0.0759. The van der Waals surface area contributed by atoms with Crippen LogP contribution in [0, 0.1) is 0 Å². The number of aromatic hydroxyl groups is 1. The smallest absolute Gasteiger partial charge is 0.220 e. The Morgan fingerprint density at radius 3 is 2.68 bits per heavy atom. The van der Waals surface area contributed by atoms with Crippen molar-refractivity contribution in [3.63, 3.8) is 0 Å². The van der Waals surface area contributed by atoms with Crippen LogP contribution in [-0.2, 0) is 6.42 Å². The number of nitrogens with zero attached hydrogens (tertiary/aromatic N) is 3. The fraction of sp³-hybridized carbons (Fsp3) is 0.211. The summed E-state index contributed by atoms with van der Waals surface area (Å²) in [5, 5.41) is 10.5. The Morgan fingerprint density at radius 1 is 1.16 bits per heavy atom. The molecule has 0 unspecified atom stereocenters. The maximum atomic E-state index is 10.5. The topological polar surface area (TPSA) is 94.2 Å². The quantitative estimate of drug-likeness (QED) is 0.741. The van der Waals surface area contributed by atoms with Gasteiger partial charge in [-0.05, 0) is 30.2 Å². The zero-order valence-corrected chi connectivity index (χ0v) is 14.2. The molecule has 25 heavy (non-hydrogen) atoms. The molecule has 1 aromatic carbocycles. The van der Waals surface area contributed by atoms with Gasteiger partial charge in [0.1, 0.15) is 11.5 Å². The van der Waals surface area contributed by atoms with E-state index in [1.807, 2.05) is 24.3 Å². The number of ether oxygens (including phenoxy) is 1. The van der Waals surface area contributed by atoms with Gasteiger partial charge in [0.25, 0.3) is 0 Å². The van der Waals surface area contributed by atoms with E-state index in [1.54, 1.807) is 25.6 Å². The minimum atomic E-state index is 0.0759. The predicted octanol–water partition coefficient (Wildman–Crippen LogP) is 3.45. The fourth-order valence-electron chi connectivity index (χ4n) is 2.77. The number of hydrogen-bond donors (Lipinski definition) is 2. The third-order valence-electron chi connectivity index (χ3n) is 3.92. The molecule has 0 saturated carbocycles. The van der Waals surface area contributed by atoms with Crippen LogP contribution in [0.1, 0.15) is 18.9 Å². The average molecular weight is 336 g/mol. The van der Waals surface area contributed by atoms with Gasteiger partial charge in [-0.15, -0.1) is 0 Å². The number of nitrogens with two attached hydrogens (primary N) is 1. The van der Waals surface area contributed by atoms with Crippen LogP contribution < -0.4 is 10.5 Å². The number of phenols is 1. The molecule has 0 bridgehead atoms. The number of benzene rings is 1. The van der Waals surface area contributed by atoms with Gasteiger partial charge in [0.15, 0.2) is 0 Å². The monoisotopic (exact) mass is 336 g/mol. The first-order valence-electron chi connectivity index (χ1n) is 8.08. The lowest BCUT2D eigenvalue weighted by Gasteiger charge is -2.14. The van der Waals surface area contributed by atoms with Crippen LogP contribution in [0.5, 0.6) is 11.5 Å². The number of pyridine rings is 1. The van der Waals surface area contributed by atoms with Crippen molar-refractivity contribution in [3.05, 3.63) is 48.3 Å². The third kappa shape index (κ3) is 3.38. The van der Waals surface area contributed by atoms with E-state index in [4.69, 9.17) is 10.5 Å². The molecule has 3 aromatic rings. The van der Waals surface area contributed by atoms with E-state index < -0.39 is 0 Å². The van der Waals surface area contributed by atoms with Gasteiger partial charge in [0, 0.05) is 29.6 Å². The van der Waals surface area contributed by atoms with Crippen LogP contribution >= 0.6 is 0 Å². The highest BCUT2D eigenvalue weighted by Crippen LogP contribution is 2.39. The highest BCUT2D eigenvalue weighted by Gasteiger charge is 2.18. The number of aromatic nitrogens is 3. The Kier molecular flexibility index (Phi) is 4.79. The van der Waals surface area contributed by atoms with Crippen molar-refractivity contribution in [1.82, 2.24) is 15.0 Å². The summed E-state index contributed by atoms with van der Waals surface area (Å²) in [7, 11) is 1.59. The predicted molar refractivity (Wildman–Crippen MR) is 97.3 cm³/mol. The van der Waals surface area contributed by atoms with Crippen molar-refractivity contribution in [3.8, 4) is 34.0 Å². The van der Waals surface area contributed by atoms with Gasteiger partial charge >= 0.3 is 0 Å². The van der Waals surface area contributed by atoms with Crippen molar-refractivity contribution in [2.75, 3.05) is 12.8 Å². The van der Waals surface area contributed by atoms with Crippen molar-refractivity contribution in [2.24, 2.45) is 0 Å². The summed E-state index contributed by atoms with van der Waals surface area (Å²) in [6.07, 6.45) is 5.12. The lowest BCUT2D eigenvalue weighted by atomic mass is 9.99. The fourth-order valence-corrected chi connectivity index (χ4v) is 2.77. The normalized spacial score (nSPS) is 10.6. The van der Waals surface area contributed by atoms with E-state index in [0.717, 1.165) is 18.4 Å². The molecule has 0 saturated heterocycles. The summed E-state index contributed by atoms with van der Waals surface area (Å²) in [6.45, 7) is 2.09. The van der Waals surface area contributed by atoms with Crippen molar-refractivity contribution in [2.45, 2.75) is 19.8 Å². The molecule has 2 heterocycles. The summed E-state index contributed by atoms with van der Waals surface area (Å²) in [5.41, 5.74) is 9.35. The Morgan fingerprint density at radius 2 is 2.00 bits per heavy atom. The van der Waals surface area contributed by atoms with Gasteiger partial charge in [0.2, 0.25) is 5.95 Å². The molecule has 0 fully saturated rings. The van der Waals surface area contributed by atoms with Crippen LogP contribution in [0.3, 0.4) is 0 Å². The van der Waals surface area contributed by atoms with Gasteiger partial charge in [-0.1, -0.05) is 19.4 Å². The molecule has 2 aromatic heterocycles. The average Bonchev–Trinajstić information content (AvgIpc) is 2.63. The molecule has 3 N–H and O–H groups in total. The maximum Gasteiger partial charge on any atom is 0.220 e. The van der Waals surface area contributed by atoms with Crippen LogP contribution in [0.25, 0.3) is 22.5 Å². The van der Waals surface area contributed by atoms with Crippen LogP contribution in [0.2, 0.25) is 0 Å². The first-order chi connectivity index (χ1) is 12.1. The molecule has 128 valence electrons. The Balaban J connectivity index is 2.23. The van der Waals surface area contributed by atoms with E-state index in [1.165, 1.54) is 0 Å². The zero-order valence-electron chi connectivity index (χ0n) is 14.2. The van der Waals surface area contributed by atoms with Crippen LogP contribution in [0.4, 0.5) is 5.95 Å². The van der Waals surface area contributed by atoms with E-state index in [9.17, 15) is 5.11 Å². The van der Waals surface area contributed by atoms with Crippen LogP contribution in [0.15, 0.2) is 42.7 Å². The summed E-state index contributed by atoms with van der Waals surface area (Å²) in [6, 6.07) is 9.10. The maximum absolute atomic E-state index is 10.5. The molecule has 3 rings (SSSR count). The minimum Gasteiger partial charge on any atom is -0.507 e. The number of hydrogen-bond acceptors (Lipinski definition) is 6. The van der Waals surface area contributed by atoms with Crippen molar-refractivity contribution in [1.29, 1.82) is 0 Å². The molecule has 0 amide bonds. The van der Waals surface area contributed by atoms with Gasteiger partial charge in [-0.3, -0.25) is 4.98 Å². The second-order valence-electron chi connectivity index (χ2n) is 5.64. The Hall–Kier alpha value is -3.15. The molecule has 0 spiro atoms. The lowest BCUT2D eigenvalue weighted by molar-refractivity contribution is 0.403.